The first kappa shape index (κ1) is 17.6. The highest BCUT2D eigenvalue weighted by Crippen LogP contribution is 2.33. The van der Waals surface area contributed by atoms with Gasteiger partial charge in [-0.25, -0.2) is 0 Å². The molecule has 2 aromatic rings. The quantitative estimate of drug-likeness (QED) is 0.761. The van der Waals surface area contributed by atoms with Crippen molar-refractivity contribution in [3.63, 3.8) is 0 Å². The summed E-state index contributed by atoms with van der Waals surface area (Å²) in [4.78, 5) is 9.61. The summed E-state index contributed by atoms with van der Waals surface area (Å²) in [6.45, 7) is 0. The zero-order valence-corrected chi connectivity index (χ0v) is 14.6. The van der Waals surface area contributed by atoms with Crippen molar-refractivity contribution in [1.29, 1.82) is 10.5 Å². The zero-order chi connectivity index (χ0) is 18.2. The van der Waals surface area contributed by atoms with Crippen LogP contribution < -0.4 is 0 Å². The van der Waals surface area contributed by atoms with Gasteiger partial charge in [0.05, 0.1) is 23.3 Å². The Morgan fingerprint density at radius 2 is 1.19 bits per heavy atom. The molecule has 0 saturated heterocycles. The molecule has 0 heterocycles. The van der Waals surface area contributed by atoms with Crippen molar-refractivity contribution >= 4 is 12.4 Å². The van der Waals surface area contributed by atoms with Crippen molar-refractivity contribution in [2.75, 3.05) is 0 Å². The molecular weight excluding hydrogens is 320 g/mol. The minimum Gasteiger partial charge on any atom is -0.263 e. The van der Waals surface area contributed by atoms with Gasteiger partial charge in [-0.3, -0.25) is 9.98 Å². The lowest BCUT2D eigenvalue weighted by molar-refractivity contribution is 0.313. The van der Waals surface area contributed by atoms with Crippen molar-refractivity contribution in [3.8, 4) is 12.1 Å². The summed E-state index contributed by atoms with van der Waals surface area (Å²) in [5.74, 6) is 0. The van der Waals surface area contributed by atoms with Gasteiger partial charge in [-0.05, 0) is 37.8 Å². The van der Waals surface area contributed by atoms with Crippen LogP contribution in [0.4, 0.5) is 0 Å². The maximum Gasteiger partial charge on any atom is 0.150 e. The van der Waals surface area contributed by atoms with Crippen LogP contribution in [0.3, 0.4) is 0 Å². The van der Waals surface area contributed by atoms with Crippen LogP contribution in [0.1, 0.15) is 54.4 Å². The molecule has 4 heteroatoms. The van der Waals surface area contributed by atoms with Crippen LogP contribution in [-0.2, 0) is 0 Å². The van der Waals surface area contributed by atoms with E-state index in [1.54, 1.807) is 24.6 Å². The Morgan fingerprint density at radius 1 is 0.731 bits per heavy atom. The third-order valence-electron chi connectivity index (χ3n) is 4.70. The zero-order valence-electron chi connectivity index (χ0n) is 14.6. The van der Waals surface area contributed by atoms with Crippen LogP contribution in [-0.4, -0.2) is 18.1 Å². The number of nitrogens with zero attached hydrogens (tertiary/aromatic N) is 4. The lowest BCUT2D eigenvalue weighted by Gasteiger charge is -2.29. The molecular formula is C22H20N4. The maximum atomic E-state index is 9.26. The second-order valence-electron chi connectivity index (χ2n) is 6.46. The van der Waals surface area contributed by atoms with E-state index in [1.165, 1.54) is 6.42 Å². The Labute approximate surface area is 154 Å². The van der Waals surface area contributed by atoms with Crippen molar-refractivity contribution in [2.45, 2.75) is 37.8 Å². The molecule has 1 saturated carbocycles. The third-order valence-corrected chi connectivity index (χ3v) is 4.70. The van der Waals surface area contributed by atoms with Gasteiger partial charge in [-0.2, -0.15) is 10.5 Å². The fraction of sp³-hybridized carbons (Fsp3) is 0.273. The number of aliphatic imine (C=N–C) groups is 2. The summed E-state index contributed by atoms with van der Waals surface area (Å²) < 4.78 is 0. The van der Waals surface area contributed by atoms with Crippen LogP contribution >= 0.6 is 0 Å². The van der Waals surface area contributed by atoms with Crippen LogP contribution in [0.2, 0.25) is 0 Å². The fourth-order valence-electron chi connectivity index (χ4n) is 3.21. The van der Waals surface area contributed by atoms with Gasteiger partial charge in [0, 0.05) is 23.6 Å². The molecule has 1 aliphatic carbocycles. The van der Waals surface area contributed by atoms with Crippen LogP contribution in [0.15, 0.2) is 58.5 Å². The normalized spacial score (nSPS) is 16.4. The summed E-state index contributed by atoms with van der Waals surface area (Å²) in [6.07, 6.45) is 8.65. The highest BCUT2D eigenvalue weighted by Gasteiger charge is 2.29. The molecule has 1 aliphatic rings. The van der Waals surface area contributed by atoms with Crippen LogP contribution in [0.25, 0.3) is 0 Å². The average Bonchev–Trinajstić information content (AvgIpc) is 2.72. The summed E-state index contributed by atoms with van der Waals surface area (Å²) in [5, 5.41) is 18.5. The van der Waals surface area contributed by atoms with Crippen LogP contribution in [0.5, 0.6) is 0 Å². The predicted octanol–water partition coefficient (Wildman–Crippen LogP) is 4.63. The van der Waals surface area contributed by atoms with E-state index in [-0.39, 0.29) is 0 Å². The Morgan fingerprint density at radius 3 is 1.65 bits per heavy atom. The smallest absolute Gasteiger partial charge is 0.150 e. The number of hydrogen-bond donors (Lipinski definition) is 0. The summed E-state index contributed by atoms with van der Waals surface area (Å²) in [5.41, 5.74) is 2.34. The molecule has 1 fully saturated rings. The topological polar surface area (TPSA) is 72.3 Å². The van der Waals surface area contributed by atoms with E-state index in [0.29, 0.717) is 11.1 Å². The lowest BCUT2D eigenvalue weighted by Crippen LogP contribution is -2.27. The molecule has 0 aromatic heterocycles. The van der Waals surface area contributed by atoms with E-state index in [2.05, 4.69) is 12.1 Å². The number of benzene rings is 2. The van der Waals surface area contributed by atoms with Gasteiger partial charge in [-0.15, -0.1) is 0 Å². The highest BCUT2D eigenvalue weighted by atomic mass is 15.1. The monoisotopic (exact) mass is 340 g/mol. The van der Waals surface area contributed by atoms with E-state index in [1.807, 2.05) is 36.4 Å². The molecule has 128 valence electrons. The Hall–Kier alpha value is -3.24. The maximum absolute atomic E-state index is 9.26. The number of rotatable bonds is 4. The average molecular weight is 340 g/mol. The first-order valence-corrected chi connectivity index (χ1v) is 8.85. The first-order chi connectivity index (χ1) is 12.8. The van der Waals surface area contributed by atoms with Crippen LogP contribution in [0, 0.1) is 22.7 Å². The molecule has 3 rings (SSSR count). The fourth-order valence-corrected chi connectivity index (χ4v) is 3.21. The van der Waals surface area contributed by atoms with Gasteiger partial charge < -0.3 is 0 Å². The Balaban J connectivity index is 1.92. The minimum absolute atomic E-state index is 0.511. The summed E-state index contributed by atoms with van der Waals surface area (Å²) in [6, 6.07) is 19.3. The molecule has 0 aliphatic heterocycles. The third kappa shape index (κ3) is 4.05. The highest BCUT2D eigenvalue weighted by molar-refractivity contribution is 5.85. The van der Waals surface area contributed by atoms with E-state index in [4.69, 9.17) is 9.98 Å². The second-order valence-corrected chi connectivity index (χ2v) is 6.46. The molecule has 26 heavy (non-hydrogen) atoms. The van der Waals surface area contributed by atoms with Crippen molar-refractivity contribution < 1.29 is 0 Å². The van der Waals surface area contributed by atoms with E-state index >= 15 is 0 Å². The van der Waals surface area contributed by atoms with E-state index < -0.39 is 5.66 Å². The number of nitriles is 2. The lowest BCUT2D eigenvalue weighted by atomic mass is 9.89. The summed E-state index contributed by atoms with van der Waals surface area (Å²) >= 11 is 0. The van der Waals surface area contributed by atoms with Gasteiger partial charge >= 0.3 is 0 Å². The van der Waals surface area contributed by atoms with Gasteiger partial charge in [0.15, 0.2) is 0 Å². The van der Waals surface area contributed by atoms with Gasteiger partial charge in [-0.1, -0.05) is 42.8 Å². The van der Waals surface area contributed by atoms with Gasteiger partial charge in [0.1, 0.15) is 5.66 Å². The van der Waals surface area contributed by atoms with Crippen molar-refractivity contribution in [3.05, 3.63) is 70.8 Å². The van der Waals surface area contributed by atoms with E-state index in [0.717, 1.165) is 36.8 Å². The molecule has 2 aromatic carbocycles. The molecule has 0 radical (unpaired) electrons. The molecule has 0 atom stereocenters. The molecule has 0 bridgehead atoms. The SMILES string of the molecule is N#Cc1ccccc1C=NC1(/N=C/c2ccccc2C#N)CCCCC1. The summed E-state index contributed by atoms with van der Waals surface area (Å²) in [7, 11) is 0. The largest absolute Gasteiger partial charge is 0.263 e. The van der Waals surface area contributed by atoms with E-state index in [9.17, 15) is 10.5 Å². The second kappa shape index (κ2) is 8.23. The molecule has 4 nitrogen and oxygen atoms in total. The Bertz CT molecular complexity index is 837. The number of hydrogen-bond acceptors (Lipinski definition) is 4. The minimum atomic E-state index is -0.511. The predicted molar refractivity (Wildman–Crippen MR) is 103 cm³/mol. The molecule has 0 amide bonds. The molecule has 0 N–H and O–H groups in total. The molecule has 0 unspecified atom stereocenters. The van der Waals surface area contributed by atoms with Crippen molar-refractivity contribution in [2.24, 2.45) is 9.98 Å². The molecule has 0 spiro atoms. The first-order valence-electron chi connectivity index (χ1n) is 8.85. The standard InChI is InChI=1S/C22H20N4/c23-14-18-8-2-4-10-20(18)16-25-22(12-6-1-7-13-22)26-17-21-11-5-3-9-19(21)15-24/h2-5,8-11,16-17H,1,6-7,12-13H2/b25-16+,26-17?. The van der Waals surface area contributed by atoms with Gasteiger partial charge in [0.2, 0.25) is 0 Å². The van der Waals surface area contributed by atoms with Crippen molar-refractivity contribution in [1.82, 2.24) is 0 Å². The Kier molecular flexibility index (Phi) is 5.56. The van der Waals surface area contributed by atoms with Gasteiger partial charge in [0.25, 0.3) is 0 Å².